The summed E-state index contributed by atoms with van der Waals surface area (Å²) in [5, 5.41) is 1.44. The number of rotatable bonds is 2. The summed E-state index contributed by atoms with van der Waals surface area (Å²) in [4.78, 5) is 5.31. The van der Waals surface area contributed by atoms with Gasteiger partial charge in [-0.25, -0.2) is 4.98 Å². The van der Waals surface area contributed by atoms with Crippen molar-refractivity contribution in [3.63, 3.8) is 0 Å². The fraction of sp³-hybridized carbons (Fsp3) is 0.483. The van der Waals surface area contributed by atoms with Crippen LogP contribution in [0.15, 0.2) is 48.5 Å². The average molecular weight is 396 g/mol. The third-order valence-corrected chi connectivity index (χ3v) is 8.95. The van der Waals surface area contributed by atoms with Crippen molar-refractivity contribution in [2.75, 3.05) is 0 Å². The Bertz CT molecular complexity index is 1140. The molecular formula is C29H33N. The fourth-order valence-electron chi connectivity index (χ4n) is 7.31. The van der Waals surface area contributed by atoms with Crippen LogP contribution in [0.5, 0.6) is 0 Å². The van der Waals surface area contributed by atoms with Crippen molar-refractivity contribution in [3.05, 3.63) is 65.2 Å². The summed E-state index contributed by atoms with van der Waals surface area (Å²) in [6.07, 6.45) is 6.82. The zero-order valence-corrected chi connectivity index (χ0v) is 18.8. The van der Waals surface area contributed by atoms with Gasteiger partial charge in [0.2, 0.25) is 0 Å². The van der Waals surface area contributed by atoms with Crippen LogP contribution in [0, 0.1) is 17.3 Å². The van der Waals surface area contributed by atoms with Crippen molar-refractivity contribution in [2.45, 2.75) is 71.1 Å². The molecule has 3 aliphatic rings. The van der Waals surface area contributed by atoms with Crippen LogP contribution in [0.25, 0.3) is 22.2 Å². The molecule has 2 fully saturated rings. The molecule has 0 N–H and O–H groups in total. The smallest absolute Gasteiger partial charge is 0.0744 e. The number of hydrogen-bond donors (Lipinski definition) is 0. The van der Waals surface area contributed by atoms with E-state index in [1.807, 2.05) is 0 Å². The van der Waals surface area contributed by atoms with Crippen molar-refractivity contribution < 1.29 is 0 Å². The lowest BCUT2D eigenvalue weighted by Gasteiger charge is -2.53. The van der Waals surface area contributed by atoms with Gasteiger partial charge in [0, 0.05) is 10.9 Å². The highest BCUT2D eigenvalue weighted by molar-refractivity contribution is 5.89. The first-order valence-corrected chi connectivity index (χ1v) is 11.9. The minimum atomic E-state index is 0.162. The Balaban J connectivity index is 1.66. The van der Waals surface area contributed by atoms with Gasteiger partial charge in [0.05, 0.1) is 11.2 Å². The molecule has 154 valence electrons. The van der Waals surface area contributed by atoms with E-state index in [4.69, 9.17) is 4.98 Å². The molecule has 3 aliphatic carbocycles. The molecule has 4 unspecified atom stereocenters. The summed E-state index contributed by atoms with van der Waals surface area (Å²) < 4.78 is 0. The van der Waals surface area contributed by atoms with E-state index in [2.05, 4.69) is 76.2 Å². The highest BCUT2D eigenvalue weighted by Crippen LogP contribution is 2.70. The zero-order valence-electron chi connectivity index (χ0n) is 18.8. The second-order valence-corrected chi connectivity index (χ2v) is 11.3. The van der Waals surface area contributed by atoms with Crippen molar-refractivity contribution in [3.8, 4) is 11.3 Å². The van der Waals surface area contributed by atoms with Gasteiger partial charge in [-0.05, 0) is 89.5 Å². The molecule has 2 saturated carbocycles. The maximum absolute atomic E-state index is 5.31. The van der Waals surface area contributed by atoms with Crippen LogP contribution in [0.1, 0.15) is 76.0 Å². The molecule has 1 heterocycles. The fourth-order valence-corrected chi connectivity index (χ4v) is 7.31. The first-order valence-electron chi connectivity index (χ1n) is 11.9. The van der Waals surface area contributed by atoms with E-state index in [0.29, 0.717) is 11.3 Å². The molecule has 3 aromatic rings. The number of benzene rings is 2. The van der Waals surface area contributed by atoms with Gasteiger partial charge in [-0.3, -0.25) is 0 Å². The molecule has 0 spiro atoms. The van der Waals surface area contributed by atoms with Crippen molar-refractivity contribution >= 4 is 10.9 Å². The molecular weight excluding hydrogens is 362 g/mol. The van der Waals surface area contributed by atoms with E-state index in [1.54, 1.807) is 11.1 Å². The predicted molar refractivity (Wildman–Crippen MR) is 126 cm³/mol. The molecule has 6 rings (SSSR count). The molecule has 1 nitrogen and oxygen atoms in total. The highest BCUT2D eigenvalue weighted by atomic mass is 14.7. The molecule has 2 aromatic carbocycles. The highest BCUT2D eigenvalue weighted by Gasteiger charge is 2.60. The standard InChI is InChI=1S/C29H33N/c1-5-29-17-19-13-21(29)14-22(29)16-24-26(19)23-15-20(28(2,3)4)11-12-25(23)30-27(24)18-9-7-6-8-10-18/h6-12,15,19,21-22H,5,13-14,16-17H2,1-4H3. The van der Waals surface area contributed by atoms with Crippen LogP contribution in [0.4, 0.5) is 0 Å². The zero-order chi connectivity index (χ0) is 20.7. The minimum Gasteiger partial charge on any atom is -0.247 e. The Morgan fingerprint density at radius 3 is 2.53 bits per heavy atom. The third kappa shape index (κ3) is 2.44. The predicted octanol–water partition coefficient (Wildman–Crippen LogP) is 7.67. The number of fused-ring (bicyclic) bond motifs is 5. The van der Waals surface area contributed by atoms with E-state index in [0.717, 1.165) is 11.8 Å². The van der Waals surface area contributed by atoms with Gasteiger partial charge < -0.3 is 0 Å². The summed E-state index contributed by atoms with van der Waals surface area (Å²) >= 11 is 0. The molecule has 0 saturated heterocycles. The van der Waals surface area contributed by atoms with Crippen molar-refractivity contribution in [1.29, 1.82) is 0 Å². The summed E-state index contributed by atoms with van der Waals surface area (Å²) in [6, 6.07) is 18.0. The number of aromatic nitrogens is 1. The second kappa shape index (κ2) is 6.19. The maximum Gasteiger partial charge on any atom is 0.0744 e. The lowest BCUT2D eigenvalue weighted by atomic mass is 9.52. The van der Waals surface area contributed by atoms with Crippen LogP contribution in [0.3, 0.4) is 0 Å². The van der Waals surface area contributed by atoms with E-state index >= 15 is 0 Å². The van der Waals surface area contributed by atoms with Gasteiger partial charge in [-0.2, -0.15) is 0 Å². The molecule has 1 heteroatoms. The number of hydrogen-bond acceptors (Lipinski definition) is 1. The molecule has 1 aromatic heterocycles. The average Bonchev–Trinajstić information content (AvgIpc) is 2.95. The SMILES string of the molecule is CCC12CC3CC1CC2Cc1c(-c2ccccc2)nc2ccc(C(C)(C)C)cc2c13. The Labute approximate surface area is 180 Å². The Morgan fingerprint density at radius 1 is 1.00 bits per heavy atom. The topological polar surface area (TPSA) is 12.9 Å². The van der Waals surface area contributed by atoms with Crippen molar-refractivity contribution in [1.82, 2.24) is 4.98 Å². The van der Waals surface area contributed by atoms with Gasteiger partial charge in [0.25, 0.3) is 0 Å². The molecule has 4 atom stereocenters. The van der Waals surface area contributed by atoms with E-state index in [9.17, 15) is 0 Å². The van der Waals surface area contributed by atoms with E-state index in [-0.39, 0.29) is 5.41 Å². The maximum atomic E-state index is 5.31. The number of pyridine rings is 1. The van der Waals surface area contributed by atoms with Gasteiger partial charge >= 0.3 is 0 Å². The van der Waals surface area contributed by atoms with Crippen LogP contribution >= 0.6 is 0 Å². The van der Waals surface area contributed by atoms with Gasteiger partial charge in [0.15, 0.2) is 0 Å². The quantitative estimate of drug-likeness (QED) is 0.434. The molecule has 0 amide bonds. The summed E-state index contributed by atoms with van der Waals surface area (Å²) in [5.41, 5.74) is 9.15. The molecule has 30 heavy (non-hydrogen) atoms. The second-order valence-electron chi connectivity index (χ2n) is 11.3. The first-order chi connectivity index (χ1) is 14.4. The van der Waals surface area contributed by atoms with E-state index < -0.39 is 0 Å². The van der Waals surface area contributed by atoms with Gasteiger partial charge in [-0.15, -0.1) is 0 Å². The van der Waals surface area contributed by atoms with Crippen LogP contribution < -0.4 is 0 Å². The Kier molecular flexibility index (Phi) is 3.84. The summed E-state index contributed by atoms with van der Waals surface area (Å²) in [6.45, 7) is 9.42. The summed E-state index contributed by atoms with van der Waals surface area (Å²) in [7, 11) is 0. The number of nitrogens with zero attached hydrogens (tertiary/aromatic N) is 1. The first kappa shape index (κ1) is 18.6. The summed E-state index contributed by atoms with van der Waals surface area (Å²) in [5.74, 6) is 2.52. The monoisotopic (exact) mass is 395 g/mol. The van der Waals surface area contributed by atoms with Gasteiger partial charge in [0.1, 0.15) is 0 Å². The molecule has 0 radical (unpaired) electrons. The third-order valence-electron chi connectivity index (χ3n) is 8.95. The van der Waals surface area contributed by atoms with Crippen LogP contribution in [0.2, 0.25) is 0 Å². The minimum absolute atomic E-state index is 0.162. The van der Waals surface area contributed by atoms with Crippen molar-refractivity contribution in [2.24, 2.45) is 17.3 Å². The van der Waals surface area contributed by atoms with E-state index in [1.165, 1.54) is 59.8 Å². The lowest BCUT2D eigenvalue weighted by Crippen LogP contribution is -2.46. The molecule has 2 bridgehead atoms. The lowest BCUT2D eigenvalue weighted by molar-refractivity contribution is -0.0297. The Hall–Kier alpha value is -2.15. The van der Waals surface area contributed by atoms with Crippen LogP contribution in [-0.2, 0) is 11.8 Å². The van der Waals surface area contributed by atoms with Crippen LogP contribution in [-0.4, -0.2) is 4.98 Å². The largest absolute Gasteiger partial charge is 0.247 e. The Morgan fingerprint density at radius 2 is 1.80 bits per heavy atom. The molecule has 0 aliphatic heterocycles. The van der Waals surface area contributed by atoms with Gasteiger partial charge in [-0.1, -0.05) is 64.1 Å². The normalized spacial score (nSPS) is 29.4.